The highest BCUT2D eigenvalue weighted by Gasteiger charge is 2.28. The molecule has 90 valence electrons. The van der Waals surface area contributed by atoms with E-state index in [-0.39, 0.29) is 0 Å². The van der Waals surface area contributed by atoms with Crippen molar-refractivity contribution in [3.8, 4) is 0 Å². The standard InChI is InChI=1S/C13H22N2O/c1-11-6-7-12(2)15(11)14-10-13(16)8-4-3-5-9-13/h6-7,14,16H,3-5,8-10H2,1-2H3. The molecule has 0 spiro atoms. The third-order valence-corrected chi connectivity index (χ3v) is 3.62. The molecular formula is C13H22N2O. The third-order valence-electron chi connectivity index (χ3n) is 3.62. The second-order valence-electron chi connectivity index (χ2n) is 5.07. The van der Waals surface area contributed by atoms with Gasteiger partial charge in [0, 0.05) is 11.4 Å². The number of hydrogen-bond donors (Lipinski definition) is 2. The van der Waals surface area contributed by atoms with Gasteiger partial charge in [-0.2, -0.15) is 0 Å². The van der Waals surface area contributed by atoms with E-state index in [0.717, 1.165) is 25.7 Å². The topological polar surface area (TPSA) is 37.2 Å². The van der Waals surface area contributed by atoms with E-state index in [1.54, 1.807) is 0 Å². The van der Waals surface area contributed by atoms with Gasteiger partial charge in [-0.05, 0) is 38.8 Å². The van der Waals surface area contributed by atoms with Gasteiger partial charge in [-0.15, -0.1) is 0 Å². The SMILES string of the molecule is Cc1ccc(C)n1NCC1(O)CCCCC1. The first-order valence-corrected chi connectivity index (χ1v) is 6.22. The van der Waals surface area contributed by atoms with Crippen LogP contribution in [0.1, 0.15) is 43.5 Å². The van der Waals surface area contributed by atoms with Gasteiger partial charge in [-0.1, -0.05) is 19.3 Å². The van der Waals surface area contributed by atoms with E-state index in [1.807, 2.05) is 0 Å². The van der Waals surface area contributed by atoms with Crippen molar-refractivity contribution in [2.45, 2.75) is 51.6 Å². The highest BCUT2D eigenvalue weighted by molar-refractivity contribution is 5.15. The predicted octanol–water partition coefficient (Wildman–Crippen LogP) is 2.34. The average Bonchev–Trinajstić information content (AvgIpc) is 2.57. The molecule has 0 radical (unpaired) electrons. The Morgan fingerprint density at radius 3 is 2.31 bits per heavy atom. The van der Waals surface area contributed by atoms with E-state index in [9.17, 15) is 5.11 Å². The fourth-order valence-electron chi connectivity index (χ4n) is 2.53. The van der Waals surface area contributed by atoms with Crippen molar-refractivity contribution >= 4 is 0 Å². The minimum Gasteiger partial charge on any atom is -0.388 e. The largest absolute Gasteiger partial charge is 0.388 e. The van der Waals surface area contributed by atoms with Crippen molar-refractivity contribution in [1.29, 1.82) is 0 Å². The smallest absolute Gasteiger partial charge is 0.0835 e. The summed E-state index contributed by atoms with van der Waals surface area (Å²) in [5, 5.41) is 10.4. The molecule has 1 fully saturated rings. The zero-order chi connectivity index (χ0) is 11.6. The Balaban J connectivity index is 1.96. The molecule has 0 amide bonds. The molecule has 1 aromatic heterocycles. The summed E-state index contributed by atoms with van der Waals surface area (Å²) in [4.78, 5) is 0. The Kier molecular flexibility index (Phi) is 3.24. The molecule has 3 nitrogen and oxygen atoms in total. The Labute approximate surface area is 97.4 Å². The van der Waals surface area contributed by atoms with Crippen LogP contribution in [-0.2, 0) is 0 Å². The molecular weight excluding hydrogens is 200 g/mol. The van der Waals surface area contributed by atoms with E-state index < -0.39 is 5.60 Å². The zero-order valence-electron chi connectivity index (χ0n) is 10.3. The van der Waals surface area contributed by atoms with Gasteiger partial charge in [0.05, 0.1) is 12.1 Å². The number of nitrogens with one attached hydrogen (secondary N) is 1. The summed E-state index contributed by atoms with van der Waals surface area (Å²) in [6, 6.07) is 4.18. The lowest BCUT2D eigenvalue weighted by molar-refractivity contribution is 0.0144. The van der Waals surface area contributed by atoms with Crippen LogP contribution in [0.4, 0.5) is 0 Å². The van der Waals surface area contributed by atoms with Crippen LogP contribution in [0.3, 0.4) is 0 Å². The van der Waals surface area contributed by atoms with Crippen LogP contribution in [0, 0.1) is 13.8 Å². The summed E-state index contributed by atoms with van der Waals surface area (Å²) in [6.07, 6.45) is 5.44. The molecule has 0 atom stereocenters. The second-order valence-corrected chi connectivity index (χ2v) is 5.07. The Hall–Kier alpha value is -0.960. The van der Waals surface area contributed by atoms with Gasteiger partial charge in [-0.3, -0.25) is 4.68 Å². The van der Waals surface area contributed by atoms with Gasteiger partial charge in [0.25, 0.3) is 0 Å². The first-order chi connectivity index (χ1) is 7.61. The maximum Gasteiger partial charge on any atom is 0.0835 e. The third kappa shape index (κ3) is 2.40. The first kappa shape index (κ1) is 11.5. The van der Waals surface area contributed by atoms with Gasteiger partial charge in [0.15, 0.2) is 0 Å². The van der Waals surface area contributed by atoms with Gasteiger partial charge in [0.2, 0.25) is 0 Å². The summed E-state index contributed by atoms with van der Waals surface area (Å²) >= 11 is 0. The van der Waals surface area contributed by atoms with E-state index in [2.05, 4.69) is 36.1 Å². The fourth-order valence-corrected chi connectivity index (χ4v) is 2.53. The second kappa shape index (κ2) is 4.50. The van der Waals surface area contributed by atoms with Crippen LogP contribution in [0.25, 0.3) is 0 Å². The number of hydrogen-bond acceptors (Lipinski definition) is 2. The summed E-state index contributed by atoms with van der Waals surface area (Å²) in [7, 11) is 0. The summed E-state index contributed by atoms with van der Waals surface area (Å²) < 4.78 is 2.06. The van der Waals surface area contributed by atoms with Crippen LogP contribution in [0.15, 0.2) is 12.1 Å². The van der Waals surface area contributed by atoms with Crippen molar-refractivity contribution in [2.24, 2.45) is 0 Å². The highest BCUT2D eigenvalue weighted by Crippen LogP contribution is 2.27. The molecule has 0 unspecified atom stereocenters. The van der Waals surface area contributed by atoms with Gasteiger partial charge in [0.1, 0.15) is 0 Å². The van der Waals surface area contributed by atoms with Gasteiger partial charge >= 0.3 is 0 Å². The molecule has 1 aromatic rings. The highest BCUT2D eigenvalue weighted by atomic mass is 16.3. The van der Waals surface area contributed by atoms with E-state index in [4.69, 9.17) is 0 Å². The number of rotatable bonds is 3. The lowest BCUT2D eigenvalue weighted by Crippen LogP contribution is -2.41. The Bertz CT molecular complexity index is 331. The van der Waals surface area contributed by atoms with Crippen molar-refractivity contribution in [2.75, 3.05) is 12.0 Å². The monoisotopic (exact) mass is 222 g/mol. The van der Waals surface area contributed by atoms with Crippen molar-refractivity contribution in [3.05, 3.63) is 23.5 Å². The molecule has 3 heteroatoms. The van der Waals surface area contributed by atoms with Crippen molar-refractivity contribution < 1.29 is 5.11 Å². The number of aliphatic hydroxyl groups is 1. The normalized spacial score (nSPS) is 19.7. The maximum absolute atomic E-state index is 10.4. The van der Waals surface area contributed by atoms with Gasteiger partial charge in [-0.25, -0.2) is 0 Å². The lowest BCUT2D eigenvalue weighted by atomic mass is 9.85. The Morgan fingerprint density at radius 2 is 1.75 bits per heavy atom. The predicted molar refractivity (Wildman–Crippen MR) is 66.2 cm³/mol. The van der Waals surface area contributed by atoms with Crippen LogP contribution >= 0.6 is 0 Å². The minimum atomic E-state index is -0.499. The van der Waals surface area contributed by atoms with Gasteiger partial charge < -0.3 is 10.5 Å². The first-order valence-electron chi connectivity index (χ1n) is 6.22. The molecule has 1 heterocycles. The average molecular weight is 222 g/mol. The maximum atomic E-state index is 10.4. The fraction of sp³-hybridized carbons (Fsp3) is 0.692. The van der Waals surface area contributed by atoms with Crippen LogP contribution < -0.4 is 5.43 Å². The lowest BCUT2D eigenvalue weighted by Gasteiger charge is -2.33. The zero-order valence-corrected chi connectivity index (χ0v) is 10.3. The Morgan fingerprint density at radius 1 is 1.19 bits per heavy atom. The molecule has 0 saturated heterocycles. The van der Waals surface area contributed by atoms with E-state index in [1.165, 1.54) is 17.8 Å². The number of aryl methyl sites for hydroxylation is 2. The number of nitrogens with zero attached hydrogens (tertiary/aromatic N) is 1. The van der Waals surface area contributed by atoms with E-state index >= 15 is 0 Å². The molecule has 0 bridgehead atoms. The quantitative estimate of drug-likeness (QED) is 0.823. The molecule has 16 heavy (non-hydrogen) atoms. The molecule has 2 rings (SSSR count). The minimum absolute atomic E-state index is 0.499. The summed E-state index contributed by atoms with van der Waals surface area (Å²) in [5.74, 6) is 0. The molecule has 1 aliphatic rings. The van der Waals surface area contributed by atoms with Crippen molar-refractivity contribution in [3.63, 3.8) is 0 Å². The van der Waals surface area contributed by atoms with Crippen LogP contribution in [0.5, 0.6) is 0 Å². The molecule has 1 aliphatic carbocycles. The molecule has 0 aromatic carbocycles. The van der Waals surface area contributed by atoms with Crippen LogP contribution in [-0.4, -0.2) is 21.9 Å². The molecule has 0 aliphatic heterocycles. The summed E-state index contributed by atoms with van der Waals surface area (Å²) in [5.41, 5.74) is 5.22. The van der Waals surface area contributed by atoms with Crippen LogP contribution in [0.2, 0.25) is 0 Å². The number of aromatic nitrogens is 1. The molecule has 2 N–H and O–H groups in total. The summed E-state index contributed by atoms with van der Waals surface area (Å²) in [6.45, 7) is 4.80. The van der Waals surface area contributed by atoms with E-state index in [0.29, 0.717) is 6.54 Å². The molecule has 1 saturated carbocycles. The van der Waals surface area contributed by atoms with Crippen molar-refractivity contribution in [1.82, 2.24) is 4.68 Å².